The zero-order valence-corrected chi connectivity index (χ0v) is 11.8. The van der Waals surface area contributed by atoms with Crippen LogP contribution in [0.3, 0.4) is 0 Å². The molecule has 2 nitrogen and oxygen atoms in total. The maximum absolute atomic E-state index is 6.30. The molecule has 0 aliphatic heterocycles. The van der Waals surface area contributed by atoms with Crippen molar-refractivity contribution in [2.24, 2.45) is 5.92 Å². The van der Waals surface area contributed by atoms with Crippen molar-refractivity contribution in [3.8, 4) is 0 Å². The molecule has 1 aromatic heterocycles. The average molecular weight is 265 g/mol. The van der Waals surface area contributed by atoms with Gasteiger partial charge in [0.15, 0.2) is 0 Å². The van der Waals surface area contributed by atoms with Gasteiger partial charge in [0.1, 0.15) is 11.0 Å². The molecule has 18 heavy (non-hydrogen) atoms. The Kier molecular flexibility index (Phi) is 3.56. The lowest BCUT2D eigenvalue weighted by molar-refractivity contribution is 0.312. The molecule has 1 saturated carbocycles. The Labute approximate surface area is 114 Å². The summed E-state index contributed by atoms with van der Waals surface area (Å²) in [7, 11) is 0. The van der Waals surface area contributed by atoms with Gasteiger partial charge in [0.25, 0.3) is 0 Å². The summed E-state index contributed by atoms with van der Waals surface area (Å²) < 4.78 is 0. The van der Waals surface area contributed by atoms with Crippen LogP contribution in [0.25, 0.3) is 0 Å². The first-order chi connectivity index (χ1) is 8.78. The van der Waals surface area contributed by atoms with Crippen molar-refractivity contribution < 1.29 is 0 Å². The van der Waals surface area contributed by atoms with Crippen LogP contribution in [0.4, 0.5) is 0 Å². The third kappa shape index (κ3) is 2.27. The number of aryl methyl sites for hydroxylation is 1. The van der Waals surface area contributed by atoms with Gasteiger partial charge in [-0.2, -0.15) is 0 Å². The molecule has 0 N–H and O–H groups in total. The van der Waals surface area contributed by atoms with Gasteiger partial charge in [-0.1, -0.05) is 24.9 Å². The van der Waals surface area contributed by atoms with E-state index in [1.807, 2.05) is 0 Å². The third-order valence-electron chi connectivity index (χ3n) is 4.69. The number of fused-ring (bicyclic) bond motifs is 1. The van der Waals surface area contributed by atoms with Crippen molar-refractivity contribution in [1.82, 2.24) is 9.97 Å². The SMILES string of the molecule is CCC1CCC(c2nc(Cl)c3c(n2)CCC3)CC1. The minimum absolute atomic E-state index is 0.552. The monoisotopic (exact) mass is 264 g/mol. The molecule has 0 saturated heterocycles. The molecular weight excluding hydrogens is 244 g/mol. The van der Waals surface area contributed by atoms with Crippen LogP contribution < -0.4 is 0 Å². The van der Waals surface area contributed by atoms with E-state index >= 15 is 0 Å². The van der Waals surface area contributed by atoms with Crippen LogP contribution in [0.2, 0.25) is 5.15 Å². The second-order valence-electron chi connectivity index (χ2n) is 5.78. The first-order valence-corrected chi connectivity index (χ1v) is 7.71. The third-order valence-corrected chi connectivity index (χ3v) is 5.00. The molecule has 3 rings (SSSR count). The molecule has 2 aliphatic carbocycles. The predicted molar refractivity (Wildman–Crippen MR) is 74.1 cm³/mol. The Balaban J connectivity index is 1.79. The molecule has 0 aromatic carbocycles. The molecule has 0 unspecified atom stereocenters. The highest BCUT2D eigenvalue weighted by Crippen LogP contribution is 2.37. The van der Waals surface area contributed by atoms with E-state index in [9.17, 15) is 0 Å². The minimum Gasteiger partial charge on any atom is -0.237 e. The molecular formula is C15H21ClN2. The maximum Gasteiger partial charge on any atom is 0.136 e. The number of hydrogen-bond donors (Lipinski definition) is 0. The summed E-state index contributed by atoms with van der Waals surface area (Å²) in [5.41, 5.74) is 2.44. The van der Waals surface area contributed by atoms with Crippen LogP contribution in [0.15, 0.2) is 0 Å². The smallest absolute Gasteiger partial charge is 0.136 e. The number of rotatable bonds is 2. The fourth-order valence-electron chi connectivity index (χ4n) is 3.42. The van der Waals surface area contributed by atoms with Crippen molar-refractivity contribution in [2.45, 2.75) is 64.2 Å². The lowest BCUT2D eigenvalue weighted by Crippen LogP contribution is -2.15. The van der Waals surface area contributed by atoms with E-state index < -0.39 is 0 Å². The largest absolute Gasteiger partial charge is 0.237 e. The van der Waals surface area contributed by atoms with Crippen LogP contribution in [-0.2, 0) is 12.8 Å². The fourth-order valence-corrected chi connectivity index (χ4v) is 3.71. The van der Waals surface area contributed by atoms with E-state index in [0.717, 1.165) is 29.7 Å². The van der Waals surface area contributed by atoms with Crippen LogP contribution in [0, 0.1) is 5.92 Å². The van der Waals surface area contributed by atoms with Gasteiger partial charge in [-0.3, -0.25) is 0 Å². The molecule has 2 aliphatic rings. The van der Waals surface area contributed by atoms with E-state index in [2.05, 4.69) is 11.9 Å². The van der Waals surface area contributed by atoms with Gasteiger partial charge in [-0.25, -0.2) is 9.97 Å². The zero-order chi connectivity index (χ0) is 12.5. The molecule has 1 aromatic rings. The van der Waals surface area contributed by atoms with Gasteiger partial charge in [0.2, 0.25) is 0 Å². The molecule has 1 fully saturated rings. The van der Waals surface area contributed by atoms with Crippen LogP contribution in [-0.4, -0.2) is 9.97 Å². The first-order valence-electron chi connectivity index (χ1n) is 7.33. The molecule has 0 spiro atoms. The summed E-state index contributed by atoms with van der Waals surface area (Å²) in [4.78, 5) is 9.37. The standard InChI is InChI=1S/C15H21ClN2/c1-2-10-6-8-11(9-7-10)15-17-13-5-3-4-12(13)14(16)18-15/h10-11H,2-9H2,1H3. The number of hydrogen-bond acceptors (Lipinski definition) is 2. The van der Waals surface area contributed by atoms with Crippen molar-refractivity contribution in [3.63, 3.8) is 0 Å². The summed E-state index contributed by atoms with van der Waals surface area (Å²) in [6.45, 7) is 2.30. The fraction of sp³-hybridized carbons (Fsp3) is 0.733. The Morgan fingerprint density at radius 2 is 1.89 bits per heavy atom. The quantitative estimate of drug-likeness (QED) is 0.744. The van der Waals surface area contributed by atoms with E-state index in [-0.39, 0.29) is 0 Å². The second-order valence-corrected chi connectivity index (χ2v) is 6.14. The summed E-state index contributed by atoms with van der Waals surface area (Å²) in [5, 5.41) is 0.727. The van der Waals surface area contributed by atoms with E-state index in [1.54, 1.807) is 0 Å². The topological polar surface area (TPSA) is 25.8 Å². The summed E-state index contributed by atoms with van der Waals surface area (Å²) in [6.07, 6.45) is 9.82. The Morgan fingerprint density at radius 1 is 1.11 bits per heavy atom. The highest BCUT2D eigenvalue weighted by Gasteiger charge is 2.26. The minimum atomic E-state index is 0.552. The van der Waals surface area contributed by atoms with Gasteiger partial charge in [-0.05, 0) is 50.9 Å². The predicted octanol–water partition coefficient (Wildman–Crippen LogP) is 4.30. The van der Waals surface area contributed by atoms with Crippen molar-refractivity contribution in [1.29, 1.82) is 0 Å². The Hall–Kier alpha value is -0.630. The highest BCUT2D eigenvalue weighted by molar-refractivity contribution is 6.30. The average Bonchev–Trinajstić information content (AvgIpc) is 2.88. The van der Waals surface area contributed by atoms with Gasteiger partial charge in [-0.15, -0.1) is 0 Å². The van der Waals surface area contributed by atoms with E-state index in [4.69, 9.17) is 16.6 Å². The van der Waals surface area contributed by atoms with Gasteiger partial charge >= 0.3 is 0 Å². The van der Waals surface area contributed by atoms with Gasteiger partial charge in [0.05, 0.1) is 0 Å². The normalized spacial score (nSPS) is 27.2. The van der Waals surface area contributed by atoms with Crippen molar-refractivity contribution in [3.05, 3.63) is 22.2 Å². The first kappa shape index (κ1) is 12.4. The van der Waals surface area contributed by atoms with E-state index in [0.29, 0.717) is 5.92 Å². The second kappa shape index (κ2) is 5.16. The molecule has 1 heterocycles. The zero-order valence-electron chi connectivity index (χ0n) is 11.1. The molecule has 0 amide bonds. The maximum atomic E-state index is 6.30. The molecule has 98 valence electrons. The van der Waals surface area contributed by atoms with Crippen LogP contribution in [0.1, 0.15) is 68.4 Å². The molecule has 0 bridgehead atoms. The lowest BCUT2D eigenvalue weighted by atomic mass is 9.80. The summed E-state index contributed by atoms with van der Waals surface area (Å²) >= 11 is 6.30. The highest BCUT2D eigenvalue weighted by atomic mass is 35.5. The summed E-state index contributed by atoms with van der Waals surface area (Å²) in [5.74, 6) is 2.50. The van der Waals surface area contributed by atoms with Crippen molar-refractivity contribution in [2.75, 3.05) is 0 Å². The molecule has 0 radical (unpaired) electrons. The lowest BCUT2D eigenvalue weighted by Gasteiger charge is -2.27. The molecule has 3 heteroatoms. The number of nitrogens with zero attached hydrogens (tertiary/aromatic N) is 2. The van der Waals surface area contributed by atoms with Crippen LogP contribution >= 0.6 is 11.6 Å². The van der Waals surface area contributed by atoms with Crippen LogP contribution in [0.5, 0.6) is 0 Å². The summed E-state index contributed by atoms with van der Waals surface area (Å²) in [6, 6.07) is 0. The molecule has 0 atom stereocenters. The van der Waals surface area contributed by atoms with Gasteiger partial charge < -0.3 is 0 Å². The van der Waals surface area contributed by atoms with E-state index in [1.165, 1.54) is 49.8 Å². The number of aromatic nitrogens is 2. The Morgan fingerprint density at radius 3 is 2.61 bits per heavy atom. The Bertz CT molecular complexity index is 436. The number of halogens is 1. The van der Waals surface area contributed by atoms with Gasteiger partial charge in [0, 0.05) is 17.2 Å². The van der Waals surface area contributed by atoms with Crippen molar-refractivity contribution >= 4 is 11.6 Å².